The Labute approximate surface area is 181 Å². The third kappa shape index (κ3) is 4.21. The average molecular weight is 468 g/mol. The zero-order valence-electron chi connectivity index (χ0n) is 15.7. The molecular formula is C22H18BrN3O2S. The standard InChI is InChI=1S/C22H18BrN3O2S/c1-2-26(19-13-7-9-15-8-3-4-10-16(15)19)20(27)14-29-22-25-24-21(28-22)17-11-5-6-12-18(17)23/h3-13H,2,14H2,1H3. The van der Waals surface area contributed by atoms with Crippen molar-refractivity contribution in [1.82, 2.24) is 10.2 Å². The van der Waals surface area contributed by atoms with Gasteiger partial charge in [0.15, 0.2) is 0 Å². The summed E-state index contributed by atoms with van der Waals surface area (Å²) in [6, 6.07) is 21.7. The van der Waals surface area contributed by atoms with Crippen LogP contribution in [0.1, 0.15) is 6.92 Å². The van der Waals surface area contributed by atoms with Gasteiger partial charge in [-0.1, -0.05) is 60.3 Å². The van der Waals surface area contributed by atoms with Crippen molar-refractivity contribution in [1.29, 1.82) is 0 Å². The fourth-order valence-corrected chi connectivity index (χ4v) is 4.23. The van der Waals surface area contributed by atoms with E-state index < -0.39 is 0 Å². The molecule has 4 rings (SSSR count). The molecule has 1 aromatic heterocycles. The highest BCUT2D eigenvalue weighted by Gasteiger charge is 2.18. The van der Waals surface area contributed by atoms with E-state index in [9.17, 15) is 4.79 Å². The Morgan fingerprint density at radius 3 is 2.62 bits per heavy atom. The number of fused-ring (bicyclic) bond motifs is 1. The summed E-state index contributed by atoms with van der Waals surface area (Å²) in [6.07, 6.45) is 0. The van der Waals surface area contributed by atoms with Crippen LogP contribution in [0.15, 0.2) is 80.8 Å². The van der Waals surface area contributed by atoms with Crippen LogP contribution in [-0.4, -0.2) is 28.4 Å². The Bertz CT molecular complexity index is 1160. The molecule has 0 unspecified atom stereocenters. The van der Waals surface area contributed by atoms with Crippen molar-refractivity contribution in [3.63, 3.8) is 0 Å². The average Bonchev–Trinajstić information content (AvgIpc) is 3.22. The highest BCUT2D eigenvalue weighted by Crippen LogP contribution is 2.30. The quantitative estimate of drug-likeness (QED) is 0.335. The lowest BCUT2D eigenvalue weighted by molar-refractivity contribution is -0.116. The van der Waals surface area contributed by atoms with Crippen LogP contribution >= 0.6 is 27.7 Å². The molecule has 146 valence electrons. The fourth-order valence-electron chi connectivity index (χ4n) is 3.14. The van der Waals surface area contributed by atoms with E-state index in [-0.39, 0.29) is 11.7 Å². The molecule has 0 fully saturated rings. The molecule has 5 nitrogen and oxygen atoms in total. The van der Waals surface area contributed by atoms with Crippen LogP contribution in [-0.2, 0) is 4.79 Å². The van der Waals surface area contributed by atoms with Crippen molar-refractivity contribution in [2.24, 2.45) is 0 Å². The smallest absolute Gasteiger partial charge is 0.277 e. The Balaban J connectivity index is 1.50. The van der Waals surface area contributed by atoms with Crippen LogP contribution in [0.25, 0.3) is 22.2 Å². The van der Waals surface area contributed by atoms with E-state index in [1.807, 2.05) is 73.7 Å². The van der Waals surface area contributed by atoms with Crippen LogP contribution in [0.5, 0.6) is 0 Å². The van der Waals surface area contributed by atoms with Gasteiger partial charge in [0.2, 0.25) is 11.8 Å². The monoisotopic (exact) mass is 467 g/mol. The number of carbonyl (C=O) groups is 1. The van der Waals surface area contributed by atoms with Crippen molar-refractivity contribution >= 4 is 50.1 Å². The first-order chi connectivity index (χ1) is 14.2. The SMILES string of the molecule is CCN(C(=O)CSc1nnc(-c2ccccc2Br)o1)c1cccc2ccccc12. The number of hydrogen-bond donors (Lipinski definition) is 0. The van der Waals surface area contributed by atoms with Crippen molar-refractivity contribution in [3.05, 3.63) is 71.2 Å². The largest absolute Gasteiger partial charge is 0.411 e. The number of thioether (sulfide) groups is 1. The number of amides is 1. The van der Waals surface area contributed by atoms with E-state index >= 15 is 0 Å². The van der Waals surface area contributed by atoms with Crippen LogP contribution in [0.4, 0.5) is 5.69 Å². The van der Waals surface area contributed by atoms with Gasteiger partial charge in [0.05, 0.1) is 17.0 Å². The van der Waals surface area contributed by atoms with Crippen LogP contribution in [0.2, 0.25) is 0 Å². The van der Waals surface area contributed by atoms with Crippen molar-refractivity contribution in [2.45, 2.75) is 12.1 Å². The van der Waals surface area contributed by atoms with E-state index in [4.69, 9.17) is 4.42 Å². The van der Waals surface area contributed by atoms with Gasteiger partial charge in [0, 0.05) is 16.4 Å². The first-order valence-electron chi connectivity index (χ1n) is 9.16. The summed E-state index contributed by atoms with van der Waals surface area (Å²) in [5.74, 6) is 0.637. The molecule has 0 saturated carbocycles. The summed E-state index contributed by atoms with van der Waals surface area (Å²) in [6.45, 7) is 2.56. The number of halogens is 1. The number of hydrogen-bond acceptors (Lipinski definition) is 5. The first kappa shape index (κ1) is 19.7. The van der Waals surface area contributed by atoms with Gasteiger partial charge in [-0.05, 0) is 46.4 Å². The Morgan fingerprint density at radius 2 is 1.79 bits per heavy atom. The molecule has 0 aliphatic heterocycles. The van der Waals surface area contributed by atoms with Crippen LogP contribution < -0.4 is 4.90 Å². The topological polar surface area (TPSA) is 59.2 Å². The minimum Gasteiger partial charge on any atom is -0.411 e. The van der Waals surface area contributed by atoms with Crippen LogP contribution in [0.3, 0.4) is 0 Å². The third-order valence-corrected chi connectivity index (χ3v) is 6.00. The molecular weight excluding hydrogens is 450 g/mol. The summed E-state index contributed by atoms with van der Waals surface area (Å²) in [5.41, 5.74) is 1.74. The number of benzene rings is 3. The molecule has 0 aliphatic rings. The van der Waals surface area contributed by atoms with Gasteiger partial charge in [-0.2, -0.15) is 0 Å². The van der Waals surface area contributed by atoms with E-state index in [1.165, 1.54) is 11.8 Å². The molecule has 1 heterocycles. The number of carbonyl (C=O) groups excluding carboxylic acids is 1. The lowest BCUT2D eigenvalue weighted by Crippen LogP contribution is -2.32. The lowest BCUT2D eigenvalue weighted by Gasteiger charge is -2.22. The molecule has 29 heavy (non-hydrogen) atoms. The van der Waals surface area contributed by atoms with Gasteiger partial charge in [-0.15, -0.1) is 10.2 Å². The van der Waals surface area contributed by atoms with Gasteiger partial charge in [-0.25, -0.2) is 0 Å². The number of anilines is 1. The summed E-state index contributed by atoms with van der Waals surface area (Å²) >= 11 is 4.73. The van der Waals surface area contributed by atoms with Crippen molar-refractivity contribution in [2.75, 3.05) is 17.2 Å². The Kier molecular flexibility index (Phi) is 5.97. The number of aromatic nitrogens is 2. The van der Waals surface area contributed by atoms with E-state index in [0.717, 1.165) is 26.5 Å². The Hall–Kier alpha value is -2.64. The maximum absolute atomic E-state index is 12.9. The van der Waals surface area contributed by atoms with Crippen LogP contribution in [0, 0.1) is 0 Å². The summed E-state index contributed by atoms with van der Waals surface area (Å²) in [4.78, 5) is 14.7. The molecule has 3 aromatic carbocycles. The first-order valence-corrected chi connectivity index (χ1v) is 10.9. The molecule has 0 bridgehead atoms. The van der Waals surface area contributed by atoms with Crippen molar-refractivity contribution < 1.29 is 9.21 Å². The maximum Gasteiger partial charge on any atom is 0.277 e. The molecule has 0 atom stereocenters. The van der Waals surface area contributed by atoms with Gasteiger partial charge in [-0.3, -0.25) is 4.79 Å². The molecule has 0 radical (unpaired) electrons. The summed E-state index contributed by atoms with van der Waals surface area (Å²) in [5, 5.41) is 10.7. The predicted molar refractivity (Wildman–Crippen MR) is 120 cm³/mol. The molecule has 0 aliphatic carbocycles. The molecule has 0 saturated heterocycles. The van der Waals surface area contributed by atoms with E-state index in [2.05, 4.69) is 26.1 Å². The third-order valence-electron chi connectivity index (χ3n) is 4.50. The lowest BCUT2D eigenvalue weighted by atomic mass is 10.1. The second kappa shape index (κ2) is 8.80. The second-order valence-electron chi connectivity index (χ2n) is 6.28. The number of nitrogens with zero attached hydrogens (tertiary/aromatic N) is 3. The summed E-state index contributed by atoms with van der Waals surface area (Å²) < 4.78 is 6.61. The normalized spacial score (nSPS) is 11.0. The van der Waals surface area contributed by atoms with E-state index in [1.54, 1.807) is 4.90 Å². The van der Waals surface area contributed by atoms with E-state index in [0.29, 0.717) is 17.7 Å². The highest BCUT2D eigenvalue weighted by atomic mass is 79.9. The van der Waals surface area contributed by atoms with Crippen molar-refractivity contribution in [3.8, 4) is 11.5 Å². The molecule has 1 amide bonds. The molecule has 4 aromatic rings. The van der Waals surface area contributed by atoms with Gasteiger partial charge in [0.25, 0.3) is 5.22 Å². The predicted octanol–water partition coefficient (Wildman–Crippen LogP) is 5.80. The molecule has 0 spiro atoms. The maximum atomic E-state index is 12.9. The fraction of sp³-hybridized carbons (Fsp3) is 0.136. The van der Waals surface area contributed by atoms with Gasteiger partial charge < -0.3 is 9.32 Å². The highest BCUT2D eigenvalue weighted by molar-refractivity contribution is 9.10. The zero-order chi connectivity index (χ0) is 20.2. The minimum atomic E-state index is -0.00510. The van der Waals surface area contributed by atoms with Gasteiger partial charge in [0.1, 0.15) is 0 Å². The second-order valence-corrected chi connectivity index (χ2v) is 8.06. The number of rotatable bonds is 6. The summed E-state index contributed by atoms with van der Waals surface area (Å²) in [7, 11) is 0. The molecule has 7 heteroatoms. The Morgan fingerprint density at radius 1 is 1.03 bits per heavy atom. The minimum absolute atomic E-state index is 0.00510. The molecule has 0 N–H and O–H groups in total. The van der Waals surface area contributed by atoms with Gasteiger partial charge >= 0.3 is 0 Å². The zero-order valence-corrected chi connectivity index (χ0v) is 18.1.